The van der Waals surface area contributed by atoms with Crippen LogP contribution in [0, 0.1) is 5.82 Å². The first-order valence-electron chi connectivity index (χ1n) is 6.05. The van der Waals surface area contributed by atoms with E-state index in [2.05, 4.69) is 15.9 Å². The number of benzene rings is 1. The van der Waals surface area contributed by atoms with E-state index in [-0.39, 0.29) is 22.7 Å². The van der Waals surface area contributed by atoms with Crippen LogP contribution in [0.5, 0.6) is 5.75 Å². The highest BCUT2D eigenvalue weighted by Gasteiger charge is 2.20. The molecule has 0 saturated carbocycles. The minimum atomic E-state index is -4.19. The molecule has 0 fully saturated rings. The standard InChI is InChI=1S/C12H14BrClFNO4S/c1-3-16(4-2)12(17)7-20-10-6-9(15)11(5-8(10)13)21(14,18)19/h5-6H,3-4,7H2,1-2H3. The van der Waals surface area contributed by atoms with Gasteiger partial charge >= 0.3 is 0 Å². The molecule has 118 valence electrons. The number of ether oxygens (including phenoxy) is 1. The minimum absolute atomic E-state index is 0.0251. The maximum Gasteiger partial charge on any atom is 0.264 e. The highest BCUT2D eigenvalue weighted by atomic mass is 79.9. The quantitative estimate of drug-likeness (QED) is 0.686. The van der Waals surface area contributed by atoms with Gasteiger partial charge in [-0.05, 0) is 35.8 Å². The zero-order valence-electron chi connectivity index (χ0n) is 11.4. The predicted octanol–water partition coefficient (Wildman–Crippen LogP) is 2.76. The van der Waals surface area contributed by atoms with Gasteiger partial charge in [-0.2, -0.15) is 0 Å². The molecule has 0 spiro atoms. The molecule has 0 N–H and O–H groups in total. The van der Waals surface area contributed by atoms with E-state index in [4.69, 9.17) is 15.4 Å². The Hall–Kier alpha value is -0.860. The summed E-state index contributed by atoms with van der Waals surface area (Å²) in [6.07, 6.45) is 0. The first-order valence-corrected chi connectivity index (χ1v) is 9.15. The molecule has 9 heteroatoms. The highest BCUT2D eigenvalue weighted by molar-refractivity contribution is 9.10. The number of carbonyl (C=O) groups excluding carboxylic acids is 1. The summed E-state index contributed by atoms with van der Waals surface area (Å²) in [5, 5.41) is 0. The molecule has 0 aliphatic carbocycles. The fourth-order valence-corrected chi connectivity index (χ4v) is 3.13. The van der Waals surface area contributed by atoms with E-state index >= 15 is 0 Å². The van der Waals surface area contributed by atoms with Crippen LogP contribution in [0.15, 0.2) is 21.5 Å². The van der Waals surface area contributed by atoms with Gasteiger partial charge in [-0.3, -0.25) is 4.79 Å². The van der Waals surface area contributed by atoms with Crippen LogP contribution in [0.2, 0.25) is 0 Å². The molecule has 0 radical (unpaired) electrons. The highest BCUT2D eigenvalue weighted by Crippen LogP contribution is 2.31. The van der Waals surface area contributed by atoms with E-state index in [9.17, 15) is 17.6 Å². The number of amides is 1. The summed E-state index contributed by atoms with van der Waals surface area (Å²) in [6.45, 7) is 4.47. The van der Waals surface area contributed by atoms with Crippen molar-refractivity contribution in [2.24, 2.45) is 0 Å². The van der Waals surface area contributed by atoms with E-state index in [0.29, 0.717) is 13.1 Å². The average Bonchev–Trinajstić information content (AvgIpc) is 2.39. The normalized spacial score (nSPS) is 11.3. The van der Waals surface area contributed by atoms with E-state index < -0.39 is 19.8 Å². The van der Waals surface area contributed by atoms with Crippen molar-refractivity contribution >= 4 is 41.6 Å². The maximum atomic E-state index is 13.7. The van der Waals surface area contributed by atoms with Crippen LogP contribution >= 0.6 is 26.6 Å². The second-order valence-electron chi connectivity index (χ2n) is 4.01. The molecule has 0 aromatic heterocycles. The number of hydrogen-bond donors (Lipinski definition) is 0. The molecule has 0 bridgehead atoms. The number of rotatable bonds is 6. The Balaban J connectivity index is 2.92. The van der Waals surface area contributed by atoms with Crippen LogP contribution in [0.25, 0.3) is 0 Å². The van der Waals surface area contributed by atoms with Gasteiger partial charge in [-0.1, -0.05) is 0 Å². The summed E-state index contributed by atoms with van der Waals surface area (Å²) in [6, 6.07) is 1.86. The summed E-state index contributed by atoms with van der Waals surface area (Å²) in [7, 11) is 0.916. The van der Waals surface area contributed by atoms with Gasteiger partial charge in [-0.15, -0.1) is 0 Å². The van der Waals surface area contributed by atoms with Crippen molar-refractivity contribution in [3.8, 4) is 5.75 Å². The molecule has 1 aromatic carbocycles. The van der Waals surface area contributed by atoms with Gasteiger partial charge in [0.05, 0.1) is 4.47 Å². The first-order chi connectivity index (χ1) is 9.70. The second kappa shape index (κ2) is 7.42. The number of likely N-dealkylation sites (N-methyl/N-ethyl adjacent to an activating group) is 1. The van der Waals surface area contributed by atoms with E-state index in [1.165, 1.54) is 0 Å². The van der Waals surface area contributed by atoms with Crippen LogP contribution < -0.4 is 4.74 Å². The van der Waals surface area contributed by atoms with Crippen molar-refractivity contribution < 1.29 is 22.3 Å². The molecule has 0 unspecified atom stereocenters. The van der Waals surface area contributed by atoms with Gasteiger partial charge in [0.1, 0.15) is 16.5 Å². The Labute approximate surface area is 135 Å². The van der Waals surface area contributed by atoms with Crippen LogP contribution in [0.4, 0.5) is 4.39 Å². The predicted molar refractivity (Wildman–Crippen MR) is 80.6 cm³/mol. The largest absolute Gasteiger partial charge is 0.482 e. The molecular formula is C12H14BrClFNO4S. The Morgan fingerprint density at radius 3 is 2.43 bits per heavy atom. The Morgan fingerprint density at radius 2 is 1.95 bits per heavy atom. The molecular weight excluding hydrogens is 389 g/mol. The van der Waals surface area contributed by atoms with Gasteiger partial charge in [0, 0.05) is 29.8 Å². The first kappa shape index (κ1) is 18.2. The number of nitrogens with zero attached hydrogens (tertiary/aromatic N) is 1. The molecule has 21 heavy (non-hydrogen) atoms. The zero-order chi connectivity index (χ0) is 16.2. The van der Waals surface area contributed by atoms with Gasteiger partial charge in [-0.25, -0.2) is 12.8 Å². The maximum absolute atomic E-state index is 13.7. The summed E-state index contributed by atoms with van der Waals surface area (Å²) in [5.74, 6) is -1.27. The fourth-order valence-electron chi connectivity index (χ4n) is 1.61. The molecule has 0 aliphatic heterocycles. The Bertz CT molecular complexity index is 634. The van der Waals surface area contributed by atoms with Crippen LogP contribution in [-0.4, -0.2) is 38.9 Å². The lowest BCUT2D eigenvalue weighted by atomic mass is 10.3. The molecule has 1 aromatic rings. The summed E-state index contributed by atoms with van der Waals surface area (Å²) >= 11 is 3.06. The number of halogens is 3. The van der Waals surface area contributed by atoms with Crippen molar-refractivity contribution in [3.63, 3.8) is 0 Å². The minimum Gasteiger partial charge on any atom is -0.482 e. The second-order valence-corrected chi connectivity index (χ2v) is 7.39. The van der Waals surface area contributed by atoms with Crippen molar-refractivity contribution in [3.05, 3.63) is 22.4 Å². The van der Waals surface area contributed by atoms with Crippen LogP contribution in [-0.2, 0) is 13.8 Å². The lowest BCUT2D eigenvalue weighted by Gasteiger charge is -2.19. The molecule has 0 aliphatic rings. The summed E-state index contributed by atoms with van der Waals surface area (Å²) < 4.78 is 41.4. The molecule has 1 amide bonds. The van der Waals surface area contributed by atoms with Crippen molar-refractivity contribution in [1.29, 1.82) is 0 Å². The number of carbonyl (C=O) groups is 1. The molecule has 1 rings (SSSR count). The summed E-state index contributed by atoms with van der Waals surface area (Å²) in [4.78, 5) is 12.7. The molecule has 5 nitrogen and oxygen atoms in total. The zero-order valence-corrected chi connectivity index (χ0v) is 14.6. The van der Waals surface area contributed by atoms with Gasteiger partial charge in [0.15, 0.2) is 6.61 Å². The van der Waals surface area contributed by atoms with Crippen molar-refractivity contribution in [1.82, 2.24) is 4.90 Å². The monoisotopic (exact) mass is 401 g/mol. The van der Waals surface area contributed by atoms with Crippen molar-refractivity contribution in [2.45, 2.75) is 18.7 Å². The fraction of sp³-hybridized carbons (Fsp3) is 0.417. The topological polar surface area (TPSA) is 63.7 Å². The summed E-state index contributed by atoms with van der Waals surface area (Å²) in [5.41, 5.74) is 0. The average molecular weight is 403 g/mol. The van der Waals surface area contributed by atoms with Crippen LogP contribution in [0.3, 0.4) is 0 Å². The van der Waals surface area contributed by atoms with E-state index in [1.54, 1.807) is 4.90 Å². The number of hydrogen-bond acceptors (Lipinski definition) is 4. The van der Waals surface area contributed by atoms with Gasteiger partial charge < -0.3 is 9.64 Å². The third kappa shape index (κ3) is 4.82. The molecule has 0 heterocycles. The third-order valence-electron chi connectivity index (χ3n) is 2.72. The lowest BCUT2D eigenvalue weighted by Crippen LogP contribution is -2.34. The lowest BCUT2D eigenvalue weighted by molar-refractivity contribution is -0.132. The van der Waals surface area contributed by atoms with Crippen LogP contribution in [0.1, 0.15) is 13.8 Å². The van der Waals surface area contributed by atoms with Gasteiger partial charge in [0.2, 0.25) is 0 Å². The van der Waals surface area contributed by atoms with E-state index in [1.807, 2.05) is 13.8 Å². The smallest absolute Gasteiger partial charge is 0.264 e. The van der Waals surface area contributed by atoms with Gasteiger partial charge in [0.25, 0.3) is 15.0 Å². The van der Waals surface area contributed by atoms with Crippen molar-refractivity contribution in [2.75, 3.05) is 19.7 Å². The SMILES string of the molecule is CCN(CC)C(=O)COc1cc(F)c(S(=O)(=O)Cl)cc1Br. The van der Waals surface area contributed by atoms with E-state index in [0.717, 1.165) is 12.1 Å². The molecule has 0 saturated heterocycles. The third-order valence-corrected chi connectivity index (χ3v) is 4.67. The molecule has 0 atom stereocenters. The Morgan fingerprint density at radius 1 is 1.38 bits per heavy atom. The Kier molecular flexibility index (Phi) is 6.42.